The Morgan fingerprint density at radius 2 is 1.57 bits per heavy atom. The summed E-state index contributed by atoms with van der Waals surface area (Å²) in [5.74, 6) is 0.646. The smallest absolute Gasteiger partial charge is 0.340 e. The van der Waals surface area contributed by atoms with Crippen molar-refractivity contribution in [3.63, 3.8) is 0 Å². The number of nitrogens with one attached hydrogen (secondary N) is 1. The van der Waals surface area contributed by atoms with E-state index in [-0.39, 0.29) is 0 Å². The molecule has 0 fully saturated rings. The van der Waals surface area contributed by atoms with Gasteiger partial charge in [-0.15, -0.1) is 0 Å². The number of fused-ring (bicyclic) bond motifs is 1. The van der Waals surface area contributed by atoms with Crippen LogP contribution >= 0.6 is 11.6 Å². The summed E-state index contributed by atoms with van der Waals surface area (Å²) in [5.41, 5.74) is 4.25. The van der Waals surface area contributed by atoms with E-state index in [4.69, 9.17) is 11.6 Å². The maximum absolute atomic E-state index is 12.8. The summed E-state index contributed by atoms with van der Waals surface area (Å²) in [6.07, 6.45) is 1.52. The zero-order valence-electron chi connectivity index (χ0n) is 15.0. The highest BCUT2D eigenvalue weighted by Crippen LogP contribution is 2.35. The lowest BCUT2D eigenvalue weighted by Gasteiger charge is -2.21. The molecule has 1 heterocycles. The number of nitrogens with zero attached hydrogens (tertiary/aromatic N) is 1. The van der Waals surface area contributed by atoms with Crippen molar-refractivity contribution in [3.8, 4) is 11.1 Å². The van der Waals surface area contributed by atoms with Crippen LogP contribution in [-0.2, 0) is 19.0 Å². The number of rotatable bonds is 3. The highest BCUT2D eigenvalue weighted by Gasteiger charge is 2.30. The van der Waals surface area contributed by atoms with E-state index < -0.39 is 11.7 Å². The van der Waals surface area contributed by atoms with Gasteiger partial charge in [-0.2, -0.15) is 13.2 Å². The second-order valence-electron chi connectivity index (χ2n) is 6.89. The summed E-state index contributed by atoms with van der Waals surface area (Å²) in [7, 11) is 0. The van der Waals surface area contributed by atoms with Gasteiger partial charge in [0.2, 0.25) is 0 Å². The fourth-order valence-electron chi connectivity index (χ4n) is 3.61. The van der Waals surface area contributed by atoms with E-state index in [2.05, 4.69) is 10.3 Å². The van der Waals surface area contributed by atoms with Crippen LogP contribution in [0, 0.1) is 0 Å². The fourth-order valence-corrected chi connectivity index (χ4v) is 3.88. The van der Waals surface area contributed by atoms with E-state index >= 15 is 0 Å². The van der Waals surface area contributed by atoms with Gasteiger partial charge in [0.1, 0.15) is 5.82 Å². The second kappa shape index (κ2) is 7.47. The maximum atomic E-state index is 12.8. The Labute approximate surface area is 166 Å². The van der Waals surface area contributed by atoms with Gasteiger partial charge in [-0.1, -0.05) is 23.7 Å². The second-order valence-corrected chi connectivity index (χ2v) is 7.30. The van der Waals surface area contributed by atoms with Gasteiger partial charge in [-0.05, 0) is 84.3 Å². The fraction of sp³-hybridized carbons (Fsp3) is 0.227. The van der Waals surface area contributed by atoms with Crippen molar-refractivity contribution in [2.24, 2.45) is 0 Å². The molecule has 1 aromatic heterocycles. The minimum Gasteiger partial charge on any atom is -0.340 e. The summed E-state index contributed by atoms with van der Waals surface area (Å²) in [5, 5.41) is 4.15. The van der Waals surface area contributed by atoms with Crippen molar-refractivity contribution in [1.29, 1.82) is 0 Å². The number of hydrogen-bond acceptors (Lipinski definition) is 2. The van der Waals surface area contributed by atoms with E-state index in [1.807, 2.05) is 18.2 Å². The van der Waals surface area contributed by atoms with Crippen molar-refractivity contribution in [2.75, 3.05) is 5.32 Å². The molecule has 1 aliphatic rings. The lowest BCUT2D eigenvalue weighted by Crippen LogP contribution is -2.07. The van der Waals surface area contributed by atoms with Crippen molar-refractivity contribution < 1.29 is 13.2 Å². The van der Waals surface area contributed by atoms with E-state index in [1.165, 1.54) is 23.3 Å². The normalized spacial score (nSPS) is 13.9. The van der Waals surface area contributed by atoms with E-state index in [0.717, 1.165) is 54.1 Å². The molecular weight excluding hydrogens is 385 g/mol. The van der Waals surface area contributed by atoms with Crippen LogP contribution in [0.25, 0.3) is 11.1 Å². The number of pyridine rings is 1. The van der Waals surface area contributed by atoms with Gasteiger partial charge in [-0.3, -0.25) is 0 Å². The highest BCUT2D eigenvalue weighted by molar-refractivity contribution is 6.31. The molecule has 0 amide bonds. The van der Waals surface area contributed by atoms with Crippen LogP contribution in [-0.4, -0.2) is 4.98 Å². The molecule has 3 aromatic rings. The molecular formula is C22H18ClF3N2. The molecule has 0 saturated heterocycles. The number of aromatic nitrogens is 1. The number of benzene rings is 2. The van der Waals surface area contributed by atoms with Gasteiger partial charge in [0, 0.05) is 16.9 Å². The van der Waals surface area contributed by atoms with E-state index in [0.29, 0.717) is 11.4 Å². The average Bonchev–Trinajstić information content (AvgIpc) is 2.70. The third kappa shape index (κ3) is 3.85. The molecule has 0 radical (unpaired) electrons. The van der Waals surface area contributed by atoms with E-state index in [9.17, 15) is 13.2 Å². The lowest BCUT2D eigenvalue weighted by molar-refractivity contribution is -0.137. The zero-order chi connectivity index (χ0) is 19.7. The number of alkyl halides is 3. The number of anilines is 2. The quantitative estimate of drug-likeness (QED) is 0.508. The molecule has 2 nitrogen and oxygen atoms in total. The SMILES string of the molecule is FC(F)(F)c1ccc(-c2ccnc(Nc3ccc(Cl)c4c3CCCC4)c2)cc1. The molecule has 144 valence electrons. The number of hydrogen-bond donors (Lipinski definition) is 1. The molecule has 0 unspecified atom stereocenters. The van der Waals surface area contributed by atoms with Crippen LogP contribution in [0.5, 0.6) is 0 Å². The highest BCUT2D eigenvalue weighted by atomic mass is 35.5. The van der Waals surface area contributed by atoms with Crippen LogP contribution in [0.1, 0.15) is 29.5 Å². The summed E-state index contributed by atoms with van der Waals surface area (Å²) in [6, 6.07) is 12.6. The molecule has 1 aliphatic carbocycles. The molecule has 0 atom stereocenters. The molecule has 2 aromatic carbocycles. The van der Waals surface area contributed by atoms with Crippen LogP contribution in [0.4, 0.5) is 24.7 Å². The minimum absolute atomic E-state index is 0.646. The summed E-state index contributed by atoms with van der Waals surface area (Å²) >= 11 is 6.34. The van der Waals surface area contributed by atoms with Crippen molar-refractivity contribution in [2.45, 2.75) is 31.9 Å². The van der Waals surface area contributed by atoms with E-state index in [1.54, 1.807) is 12.3 Å². The van der Waals surface area contributed by atoms with Crippen molar-refractivity contribution >= 4 is 23.1 Å². The molecule has 4 rings (SSSR count). The van der Waals surface area contributed by atoms with Crippen molar-refractivity contribution in [3.05, 3.63) is 76.4 Å². The largest absolute Gasteiger partial charge is 0.416 e. The van der Waals surface area contributed by atoms with Gasteiger partial charge in [0.15, 0.2) is 0 Å². The third-order valence-electron chi connectivity index (χ3n) is 5.05. The Bertz CT molecular complexity index is 998. The average molecular weight is 403 g/mol. The Hall–Kier alpha value is -2.53. The van der Waals surface area contributed by atoms with Gasteiger partial charge in [0.25, 0.3) is 0 Å². The summed E-state index contributed by atoms with van der Waals surface area (Å²) in [6.45, 7) is 0. The molecule has 6 heteroatoms. The Morgan fingerprint density at radius 3 is 2.29 bits per heavy atom. The first-order chi connectivity index (χ1) is 13.4. The Morgan fingerprint density at radius 1 is 0.857 bits per heavy atom. The van der Waals surface area contributed by atoms with Gasteiger partial charge in [-0.25, -0.2) is 4.98 Å². The standard InChI is InChI=1S/C22H18ClF3N2/c23-19-9-10-20(18-4-2-1-3-17(18)19)28-21-13-15(11-12-27-21)14-5-7-16(8-6-14)22(24,25)26/h5-13H,1-4H2,(H,27,28). The molecule has 0 aliphatic heterocycles. The minimum atomic E-state index is -4.34. The van der Waals surface area contributed by atoms with Gasteiger partial charge in [0.05, 0.1) is 5.56 Å². The predicted molar refractivity (Wildman–Crippen MR) is 106 cm³/mol. The Balaban J connectivity index is 1.62. The first-order valence-corrected chi connectivity index (χ1v) is 9.50. The molecule has 1 N–H and O–H groups in total. The zero-order valence-corrected chi connectivity index (χ0v) is 15.7. The molecule has 28 heavy (non-hydrogen) atoms. The Kier molecular flexibility index (Phi) is 5.02. The van der Waals surface area contributed by atoms with Crippen LogP contribution < -0.4 is 5.32 Å². The first-order valence-electron chi connectivity index (χ1n) is 9.13. The lowest BCUT2D eigenvalue weighted by atomic mass is 9.90. The molecule has 0 saturated carbocycles. The molecule has 0 spiro atoms. The maximum Gasteiger partial charge on any atom is 0.416 e. The third-order valence-corrected chi connectivity index (χ3v) is 5.40. The van der Waals surface area contributed by atoms with Crippen LogP contribution in [0.3, 0.4) is 0 Å². The van der Waals surface area contributed by atoms with Crippen LogP contribution in [0.15, 0.2) is 54.7 Å². The van der Waals surface area contributed by atoms with Gasteiger partial charge < -0.3 is 5.32 Å². The van der Waals surface area contributed by atoms with Crippen molar-refractivity contribution in [1.82, 2.24) is 4.98 Å². The topological polar surface area (TPSA) is 24.9 Å². The molecule has 0 bridgehead atoms. The predicted octanol–water partition coefficient (Wildman–Crippen LogP) is 7.04. The van der Waals surface area contributed by atoms with Gasteiger partial charge >= 0.3 is 6.18 Å². The monoisotopic (exact) mass is 402 g/mol. The number of halogens is 4. The summed E-state index contributed by atoms with van der Waals surface area (Å²) in [4.78, 5) is 4.36. The van der Waals surface area contributed by atoms with Crippen LogP contribution in [0.2, 0.25) is 5.02 Å². The summed E-state index contributed by atoms with van der Waals surface area (Å²) < 4.78 is 38.3. The first kappa shape index (κ1) is 18.8.